The van der Waals surface area contributed by atoms with Gasteiger partial charge in [-0.25, -0.2) is 9.50 Å². The maximum absolute atomic E-state index is 12.4. The van der Waals surface area contributed by atoms with Crippen LogP contribution in [0.25, 0.3) is 5.78 Å². The van der Waals surface area contributed by atoms with Crippen molar-refractivity contribution in [1.29, 1.82) is 0 Å². The van der Waals surface area contributed by atoms with Crippen LogP contribution in [0, 0.1) is 5.41 Å². The lowest BCUT2D eigenvalue weighted by Gasteiger charge is -2.47. The van der Waals surface area contributed by atoms with Crippen LogP contribution in [0.15, 0.2) is 18.5 Å². The Morgan fingerprint density at radius 1 is 1.25 bits per heavy atom. The van der Waals surface area contributed by atoms with Gasteiger partial charge in [-0.3, -0.25) is 9.69 Å². The van der Waals surface area contributed by atoms with E-state index >= 15 is 0 Å². The molecule has 3 fully saturated rings. The second-order valence-corrected chi connectivity index (χ2v) is 8.58. The standard InChI is InChI=1S/C20H28N6O2/c27-18-4-5-20(15-25(18)13-16-3-1-12-28-16)6-10-24(11-7-20)14-17-22-19-21-8-2-9-26(19)23-17/h2,8-9,16H,1,3-7,10-15H2/t16-/m1/s1. The molecule has 3 aliphatic heterocycles. The SMILES string of the molecule is O=C1CCC2(CCN(Cc3nc4ncccn4n3)CC2)CN1C[C@H]1CCCO1. The van der Waals surface area contributed by atoms with Gasteiger partial charge in [0.05, 0.1) is 12.6 Å². The zero-order valence-electron chi connectivity index (χ0n) is 16.3. The van der Waals surface area contributed by atoms with Crippen LogP contribution >= 0.6 is 0 Å². The fraction of sp³-hybridized carbons (Fsp3) is 0.700. The fourth-order valence-electron chi connectivity index (χ4n) is 4.94. The van der Waals surface area contributed by atoms with Crippen molar-refractivity contribution < 1.29 is 9.53 Å². The summed E-state index contributed by atoms with van der Waals surface area (Å²) in [5.74, 6) is 1.79. The minimum atomic E-state index is 0.244. The average Bonchev–Trinajstić information content (AvgIpc) is 3.36. The van der Waals surface area contributed by atoms with E-state index in [1.807, 2.05) is 12.3 Å². The quantitative estimate of drug-likeness (QED) is 0.795. The molecule has 2 aromatic rings. The largest absolute Gasteiger partial charge is 0.376 e. The van der Waals surface area contributed by atoms with Crippen LogP contribution in [-0.4, -0.2) is 74.2 Å². The van der Waals surface area contributed by atoms with Crippen LogP contribution in [0.2, 0.25) is 0 Å². The Bertz CT molecular complexity index is 805. The molecule has 1 atom stereocenters. The van der Waals surface area contributed by atoms with Gasteiger partial charge in [-0.05, 0) is 56.7 Å². The van der Waals surface area contributed by atoms with Gasteiger partial charge in [0.25, 0.3) is 5.78 Å². The molecular weight excluding hydrogens is 356 g/mol. The van der Waals surface area contributed by atoms with Gasteiger partial charge in [-0.2, -0.15) is 4.98 Å². The second-order valence-electron chi connectivity index (χ2n) is 8.58. The normalized spacial score (nSPS) is 25.8. The van der Waals surface area contributed by atoms with Crippen molar-refractivity contribution >= 4 is 11.7 Å². The van der Waals surface area contributed by atoms with Gasteiger partial charge in [0, 0.05) is 38.5 Å². The van der Waals surface area contributed by atoms with Crippen LogP contribution in [0.3, 0.4) is 0 Å². The summed E-state index contributed by atoms with van der Waals surface area (Å²) in [5.41, 5.74) is 0.275. The summed E-state index contributed by atoms with van der Waals surface area (Å²) in [4.78, 5) is 25.7. The Hall–Kier alpha value is -2.06. The lowest BCUT2D eigenvalue weighted by atomic mass is 9.72. The molecule has 3 aliphatic rings. The van der Waals surface area contributed by atoms with Gasteiger partial charge in [0.15, 0.2) is 5.82 Å². The molecule has 8 nitrogen and oxygen atoms in total. The molecule has 2 aromatic heterocycles. The highest BCUT2D eigenvalue weighted by molar-refractivity contribution is 5.77. The van der Waals surface area contributed by atoms with Crippen LogP contribution in [0.4, 0.5) is 0 Å². The number of nitrogens with zero attached hydrogens (tertiary/aromatic N) is 6. The van der Waals surface area contributed by atoms with E-state index < -0.39 is 0 Å². The predicted octanol–water partition coefficient (Wildman–Crippen LogP) is 1.51. The number of ether oxygens (including phenoxy) is 1. The van der Waals surface area contributed by atoms with E-state index in [-0.39, 0.29) is 11.5 Å². The Morgan fingerprint density at radius 3 is 2.93 bits per heavy atom. The molecule has 0 aliphatic carbocycles. The van der Waals surface area contributed by atoms with Gasteiger partial charge < -0.3 is 9.64 Å². The maximum atomic E-state index is 12.4. The number of carbonyl (C=O) groups is 1. The first-order valence-corrected chi connectivity index (χ1v) is 10.5. The lowest BCUT2D eigenvalue weighted by molar-refractivity contribution is -0.141. The number of aromatic nitrogens is 4. The highest BCUT2D eigenvalue weighted by Gasteiger charge is 2.41. The number of hydrogen-bond donors (Lipinski definition) is 0. The number of carbonyl (C=O) groups excluding carboxylic acids is 1. The van der Waals surface area contributed by atoms with E-state index in [2.05, 4.69) is 24.9 Å². The molecule has 8 heteroatoms. The molecule has 5 heterocycles. The van der Waals surface area contributed by atoms with Crippen molar-refractivity contribution in [1.82, 2.24) is 29.4 Å². The van der Waals surface area contributed by atoms with Gasteiger partial charge in [-0.15, -0.1) is 5.10 Å². The predicted molar refractivity (Wildman–Crippen MR) is 103 cm³/mol. The third-order valence-corrected chi connectivity index (χ3v) is 6.64. The average molecular weight is 384 g/mol. The second kappa shape index (κ2) is 7.40. The maximum Gasteiger partial charge on any atom is 0.252 e. The van der Waals surface area contributed by atoms with Gasteiger partial charge in [0.1, 0.15) is 0 Å². The molecule has 5 rings (SSSR count). The van der Waals surface area contributed by atoms with Gasteiger partial charge in [0.2, 0.25) is 5.91 Å². The molecule has 0 saturated carbocycles. The molecule has 0 aromatic carbocycles. The van der Waals surface area contributed by atoms with E-state index in [9.17, 15) is 4.79 Å². The molecule has 3 saturated heterocycles. The minimum Gasteiger partial charge on any atom is -0.376 e. The van der Waals surface area contributed by atoms with Crippen LogP contribution < -0.4 is 0 Å². The number of fused-ring (bicyclic) bond motifs is 1. The summed E-state index contributed by atoms with van der Waals surface area (Å²) in [5, 5.41) is 4.52. The lowest BCUT2D eigenvalue weighted by Crippen LogP contribution is -2.52. The molecular formula is C20H28N6O2. The minimum absolute atomic E-state index is 0.244. The summed E-state index contributed by atoms with van der Waals surface area (Å²) in [7, 11) is 0. The van der Waals surface area contributed by atoms with E-state index in [1.54, 1.807) is 10.7 Å². The number of likely N-dealkylation sites (tertiary alicyclic amines) is 2. The Kier molecular flexibility index (Phi) is 4.76. The van der Waals surface area contributed by atoms with Crippen molar-refractivity contribution in [2.45, 2.75) is 51.2 Å². The van der Waals surface area contributed by atoms with Crippen LogP contribution in [0.5, 0.6) is 0 Å². The summed E-state index contributed by atoms with van der Waals surface area (Å²) in [6.07, 6.45) is 10.1. The smallest absolute Gasteiger partial charge is 0.252 e. The van der Waals surface area contributed by atoms with Crippen molar-refractivity contribution in [3.05, 3.63) is 24.3 Å². The Morgan fingerprint density at radius 2 is 2.14 bits per heavy atom. The first-order valence-electron chi connectivity index (χ1n) is 10.5. The summed E-state index contributed by atoms with van der Waals surface area (Å²) >= 11 is 0. The molecule has 0 bridgehead atoms. The zero-order valence-corrected chi connectivity index (χ0v) is 16.3. The molecule has 0 N–H and O–H groups in total. The molecule has 0 unspecified atom stereocenters. The molecule has 28 heavy (non-hydrogen) atoms. The number of amides is 1. The highest BCUT2D eigenvalue weighted by atomic mass is 16.5. The third-order valence-electron chi connectivity index (χ3n) is 6.64. The van der Waals surface area contributed by atoms with Gasteiger partial charge in [-0.1, -0.05) is 0 Å². The highest BCUT2D eigenvalue weighted by Crippen LogP contribution is 2.40. The van der Waals surface area contributed by atoms with Crippen molar-refractivity contribution in [3.8, 4) is 0 Å². The molecule has 1 spiro atoms. The van der Waals surface area contributed by atoms with E-state index in [1.165, 1.54) is 0 Å². The first-order chi connectivity index (χ1) is 13.7. The number of piperidine rings is 2. The van der Waals surface area contributed by atoms with E-state index in [0.29, 0.717) is 18.1 Å². The zero-order chi connectivity index (χ0) is 19.0. The molecule has 1 amide bonds. The Labute approximate surface area is 164 Å². The first kappa shape index (κ1) is 18.0. The monoisotopic (exact) mass is 384 g/mol. The third kappa shape index (κ3) is 3.63. The van der Waals surface area contributed by atoms with Crippen molar-refractivity contribution in [2.24, 2.45) is 5.41 Å². The summed E-state index contributed by atoms with van der Waals surface area (Å²) in [6.45, 7) is 5.35. The van der Waals surface area contributed by atoms with Gasteiger partial charge >= 0.3 is 0 Å². The molecule has 0 radical (unpaired) electrons. The van der Waals surface area contributed by atoms with E-state index in [0.717, 1.165) is 77.3 Å². The van der Waals surface area contributed by atoms with Crippen molar-refractivity contribution in [2.75, 3.05) is 32.8 Å². The van der Waals surface area contributed by atoms with Crippen LogP contribution in [0.1, 0.15) is 44.3 Å². The van der Waals surface area contributed by atoms with Crippen molar-refractivity contribution in [3.63, 3.8) is 0 Å². The van der Waals surface area contributed by atoms with Crippen LogP contribution in [-0.2, 0) is 16.1 Å². The topological polar surface area (TPSA) is 75.9 Å². The van der Waals surface area contributed by atoms with E-state index in [4.69, 9.17) is 4.74 Å². The summed E-state index contributed by atoms with van der Waals surface area (Å²) in [6, 6.07) is 1.86. The number of rotatable bonds is 4. The number of hydrogen-bond acceptors (Lipinski definition) is 6. The Balaban J connectivity index is 1.19. The molecule has 150 valence electrons. The fourth-order valence-corrected chi connectivity index (χ4v) is 4.94. The summed E-state index contributed by atoms with van der Waals surface area (Å²) < 4.78 is 7.50.